The molecule has 1 aliphatic heterocycles. The molecule has 1 aromatic carbocycles. The molecule has 0 spiro atoms. The lowest BCUT2D eigenvalue weighted by atomic mass is 9.97. The fourth-order valence-corrected chi connectivity index (χ4v) is 3.13. The number of hydrogen-bond acceptors (Lipinski definition) is 4. The van der Waals surface area contributed by atoms with E-state index in [0.717, 1.165) is 42.7 Å². The van der Waals surface area contributed by atoms with Gasteiger partial charge in [0.25, 0.3) is 0 Å². The zero-order chi connectivity index (χ0) is 14.7. The van der Waals surface area contributed by atoms with Crippen molar-refractivity contribution in [3.8, 4) is 6.07 Å². The summed E-state index contributed by atoms with van der Waals surface area (Å²) < 4.78 is 5.31. The number of hydrogen-bond donors (Lipinski definition) is 0. The predicted octanol–water partition coefficient (Wildman–Crippen LogP) is 2.97. The largest absolute Gasteiger partial charge is 0.384 e. The number of rotatable bonds is 3. The molecule has 1 aromatic heterocycles. The minimum Gasteiger partial charge on any atom is -0.384 e. The zero-order valence-electron chi connectivity index (χ0n) is 12.2. The third-order valence-corrected chi connectivity index (χ3v) is 4.07. The van der Waals surface area contributed by atoms with Gasteiger partial charge in [-0.25, -0.2) is 4.98 Å². The molecule has 0 bridgehead atoms. The summed E-state index contributed by atoms with van der Waals surface area (Å²) >= 11 is 0. The van der Waals surface area contributed by atoms with Crippen LogP contribution >= 0.6 is 0 Å². The van der Waals surface area contributed by atoms with Crippen molar-refractivity contribution < 1.29 is 4.74 Å². The molecule has 4 nitrogen and oxygen atoms in total. The molecular weight excluding hydrogens is 262 g/mol. The molecule has 1 saturated heterocycles. The van der Waals surface area contributed by atoms with Gasteiger partial charge in [0, 0.05) is 31.3 Å². The number of piperidine rings is 1. The lowest BCUT2D eigenvalue weighted by molar-refractivity contribution is 0.143. The van der Waals surface area contributed by atoms with Gasteiger partial charge in [-0.3, -0.25) is 0 Å². The molecule has 2 aromatic rings. The van der Waals surface area contributed by atoms with Gasteiger partial charge in [0.1, 0.15) is 11.8 Å². The van der Waals surface area contributed by atoms with E-state index >= 15 is 0 Å². The molecule has 0 amide bonds. The molecule has 2 heterocycles. The van der Waals surface area contributed by atoms with E-state index in [-0.39, 0.29) is 0 Å². The summed E-state index contributed by atoms with van der Waals surface area (Å²) in [6.07, 6.45) is 2.37. The first-order valence-electron chi connectivity index (χ1n) is 7.35. The summed E-state index contributed by atoms with van der Waals surface area (Å²) in [6, 6.07) is 12.1. The first kappa shape index (κ1) is 13.8. The summed E-state index contributed by atoms with van der Waals surface area (Å²) in [5.41, 5.74) is 2.50. The van der Waals surface area contributed by atoms with Crippen LogP contribution in [0.1, 0.15) is 18.5 Å². The van der Waals surface area contributed by atoms with E-state index in [0.29, 0.717) is 11.6 Å². The summed E-state index contributed by atoms with van der Waals surface area (Å²) in [4.78, 5) is 6.77. The number of pyridine rings is 1. The van der Waals surface area contributed by atoms with Crippen LogP contribution in [0.5, 0.6) is 0 Å². The van der Waals surface area contributed by atoms with E-state index in [9.17, 15) is 5.26 Å². The standard InChI is InChI=1S/C17H19N3O/c1-21-12-13-5-4-8-20(11-13)17-9-14(10-18)19-16-7-3-2-6-15(16)17/h2-3,6-7,9,13H,4-5,8,11-12H2,1H3. The normalized spacial score (nSPS) is 18.7. The Morgan fingerprint density at radius 2 is 2.29 bits per heavy atom. The molecule has 1 fully saturated rings. The van der Waals surface area contributed by atoms with Crippen molar-refractivity contribution in [3.63, 3.8) is 0 Å². The fourth-order valence-electron chi connectivity index (χ4n) is 3.13. The highest BCUT2D eigenvalue weighted by Gasteiger charge is 2.22. The summed E-state index contributed by atoms with van der Waals surface area (Å²) in [6.45, 7) is 2.80. The molecule has 0 N–H and O–H groups in total. The second-order valence-electron chi connectivity index (χ2n) is 5.57. The van der Waals surface area contributed by atoms with Gasteiger partial charge >= 0.3 is 0 Å². The van der Waals surface area contributed by atoms with Crippen molar-refractivity contribution in [3.05, 3.63) is 36.0 Å². The van der Waals surface area contributed by atoms with E-state index in [1.807, 2.05) is 24.3 Å². The molecule has 4 heteroatoms. The van der Waals surface area contributed by atoms with Gasteiger partial charge < -0.3 is 9.64 Å². The Kier molecular flexibility index (Phi) is 4.03. The average Bonchev–Trinajstić information content (AvgIpc) is 2.54. The van der Waals surface area contributed by atoms with Crippen LogP contribution in [0.15, 0.2) is 30.3 Å². The van der Waals surface area contributed by atoms with Crippen LogP contribution in [0.25, 0.3) is 10.9 Å². The first-order valence-corrected chi connectivity index (χ1v) is 7.35. The van der Waals surface area contributed by atoms with Crippen LogP contribution in [0, 0.1) is 17.2 Å². The van der Waals surface area contributed by atoms with Crippen molar-refractivity contribution in [1.82, 2.24) is 4.98 Å². The van der Waals surface area contributed by atoms with E-state index in [2.05, 4.69) is 22.0 Å². The maximum absolute atomic E-state index is 9.21. The first-order chi connectivity index (χ1) is 10.3. The van der Waals surface area contributed by atoms with Gasteiger partial charge in [-0.15, -0.1) is 0 Å². The molecule has 3 rings (SSSR count). The van der Waals surface area contributed by atoms with Crippen molar-refractivity contribution in [2.24, 2.45) is 5.92 Å². The molecule has 108 valence electrons. The quantitative estimate of drug-likeness (QED) is 0.868. The van der Waals surface area contributed by atoms with Crippen molar-refractivity contribution in [2.75, 3.05) is 31.7 Å². The van der Waals surface area contributed by atoms with Crippen molar-refractivity contribution in [2.45, 2.75) is 12.8 Å². The van der Waals surface area contributed by atoms with Gasteiger partial charge in [0.05, 0.1) is 12.1 Å². The van der Waals surface area contributed by atoms with Gasteiger partial charge in [-0.05, 0) is 30.9 Å². The number of methoxy groups -OCH3 is 1. The number of nitriles is 1. The van der Waals surface area contributed by atoms with E-state index in [4.69, 9.17) is 4.74 Å². The molecular formula is C17H19N3O. The Hall–Kier alpha value is -2.12. The van der Waals surface area contributed by atoms with E-state index in [1.165, 1.54) is 6.42 Å². The molecule has 0 saturated carbocycles. The number of nitrogens with zero attached hydrogens (tertiary/aromatic N) is 3. The van der Waals surface area contributed by atoms with Crippen molar-refractivity contribution in [1.29, 1.82) is 5.26 Å². The van der Waals surface area contributed by atoms with Crippen LogP contribution in [0.4, 0.5) is 5.69 Å². The number of anilines is 1. The highest BCUT2D eigenvalue weighted by Crippen LogP contribution is 2.30. The van der Waals surface area contributed by atoms with E-state index < -0.39 is 0 Å². The van der Waals surface area contributed by atoms with Crippen LogP contribution in [-0.2, 0) is 4.74 Å². The molecule has 0 radical (unpaired) electrons. The topological polar surface area (TPSA) is 49.1 Å². The Bertz CT molecular complexity index is 675. The molecule has 1 atom stereocenters. The Labute approximate surface area is 125 Å². The van der Waals surface area contributed by atoms with Gasteiger partial charge in [-0.1, -0.05) is 18.2 Å². The maximum atomic E-state index is 9.21. The Balaban J connectivity index is 2.00. The summed E-state index contributed by atoms with van der Waals surface area (Å²) in [5, 5.41) is 10.3. The maximum Gasteiger partial charge on any atom is 0.143 e. The fraction of sp³-hybridized carbons (Fsp3) is 0.412. The highest BCUT2D eigenvalue weighted by atomic mass is 16.5. The van der Waals surface area contributed by atoms with Crippen LogP contribution < -0.4 is 4.90 Å². The molecule has 1 unspecified atom stereocenters. The van der Waals surface area contributed by atoms with Gasteiger partial charge in [-0.2, -0.15) is 5.26 Å². The van der Waals surface area contributed by atoms with Crippen molar-refractivity contribution >= 4 is 16.6 Å². The van der Waals surface area contributed by atoms with Gasteiger partial charge in [0.15, 0.2) is 0 Å². The Morgan fingerprint density at radius 3 is 3.10 bits per heavy atom. The second-order valence-corrected chi connectivity index (χ2v) is 5.57. The lowest BCUT2D eigenvalue weighted by Crippen LogP contribution is -2.37. The predicted molar refractivity (Wildman–Crippen MR) is 83.3 cm³/mol. The molecule has 0 aliphatic carbocycles. The Morgan fingerprint density at radius 1 is 1.43 bits per heavy atom. The highest BCUT2D eigenvalue weighted by molar-refractivity contribution is 5.92. The number of para-hydroxylation sites is 1. The average molecular weight is 281 g/mol. The monoisotopic (exact) mass is 281 g/mol. The SMILES string of the molecule is COCC1CCCN(c2cc(C#N)nc3ccccc23)C1. The summed E-state index contributed by atoms with van der Waals surface area (Å²) in [7, 11) is 1.76. The number of ether oxygens (including phenoxy) is 1. The lowest BCUT2D eigenvalue weighted by Gasteiger charge is -2.34. The molecule has 1 aliphatic rings. The minimum atomic E-state index is 0.484. The number of benzene rings is 1. The summed E-state index contributed by atoms with van der Waals surface area (Å²) in [5.74, 6) is 0.557. The van der Waals surface area contributed by atoms with Crippen LogP contribution in [-0.4, -0.2) is 31.8 Å². The van der Waals surface area contributed by atoms with Crippen LogP contribution in [0.3, 0.4) is 0 Å². The van der Waals surface area contributed by atoms with Gasteiger partial charge in [0.2, 0.25) is 0 Å². The van der Waals surface area contributed by atoms with E-state index in [1.54, 1.807) is 7.11 Å². The zero-order valence-corrected chi connectivity index (χ0v) is 12.2. The minimum absolute atomic E-state index is 0.484. The van der Waals surface area contributed by atoms with Crippen LogP contribution in [0.2, 0.25) is 0 Å². The molecule has 21 heavy (non-hydrogen) atoms. The third kappa shape index (κ3) is 2.84. The number of fused-ring (bicyclic) bond motifs is 1. The second kappa shape index (κ2) is 6.11. The third-order valence-electron chi connectivity index (χ3n) is 4.07. The smallest absolute Gasteiger partial charge is 0.143 e. The number of aromatic nitrogens is 1.